The summed E-state index contributed by atoms with van der Waals surface area (Å²) in [5.41, 5.74) is 6.02. The van der Waals surface area contributed by atoms with Crippen molar-refractivity contribution in [3.05, 3.63) is 101 Å². The molecular weight excluding hydrogens is 495 g/mol. The minimum atomic E-state index is -0.309. The molecule has 0 aliphatic carbocycles. The average Bonchev–Trinajstić information content (AvgIpc) is 3.60. The van der Waals surface area contributed by atoms with Crippen LogP contribution in [-0.2, 0) is 13.1 Å². The number of carbonyl (C=O) groups is 1. The Hall–Kier alpha value is -3.88. The van der Waals surface area contributed by atoms with E-state index in [-0.39, 0.29) is 30.0 Å². The van der Waals surface area contributed by atoms with Crippen molar-refractivity contribution in [1.29, 1.82) is 0 Å². The highest BCUT2D eigenvalue weighted by Crippen LogP contribution is 2.31. The number of aromatic nitrogens is 2. The molecule has 1 N–H and O–H groups in total. The van der Waals surface area contributed by atoms with Gasteiger partial charge in [0, 0.05) is 73.5 Å². The van der Waals surface area contributed by atoms with E-state index in [4.69, 9.17) is 9.73 Å². The molecule has 1 fully saturated rings. The van der Waals surface area contributed by atoms with Gasteiger partial charge in [0.1, 0.15) is 17.2 Å². The van der Waals surface area contributed by atoms with Crippen LogP contribution in [0.15, 0.2) is 72.1 Å². The van der Waals surface area contributed by atoms with Crippen molar-refractivity contribution in [3.8, 4) is 5.75 Å². The number of pyridine rings is 1. The van der Waals surface area contributed by atoms with Crippen LogP contribution in [0, 0.1) is 17.7 Å². The lowest BCUT2D eigenvalue weighted by Crippen LogP contribution is -2.42. The number of ketones is 1. The van der Waals surface area contributed by atoms with Crippen LogP contribution in [0.2, 0.25) is 0 Å². The Morgan fingerprint density at radius 1 is 1.15 bits per heavy atom. The molecule has 0 spiro atoms. The van der Waals surface area contributed by atoms with E-state index in [2.05, 4.69) is 9.88 Å². The number of hydrogen-bond acceptors (Lipinski definition) is 6. The Morgan fingerprint density at radius 3 is 2.87 bits per heavy atom. The van der Waals surface area contributed by atoms with Crippen molar-refractivity contribution in [2.45, 2.75) is 25.9 Å². The number of ether oxygens (including phenoxy) is 1. The molecule has 7 nitrogen and oxygen atoms in total. The number of methoxy groups -OCH3 is 1. The minimum Gasteiger partial charge on any atom is -0.496 e. The first-order valence-corrected chi connectivity index (χ1v) is 13.3. The van der Waals surface area contributed by atoms with Gasteiger partial charge in [0.2, 0.25) is 0 Å². The number of piperidine rings is 1. The number of imidazole rings is 1. The van der Waals surface area contributed by atoms with Crippen molar-refractivity contribution in [2.75, 3.05) is 26.8 Å². The van der Waals surface area contributed by atoms with Gasteiger partial charge >= 0.3 is 0 Å². The Morgan fingerprint density at radius 2 is 2.03 bits per heavy atom. The third-order valence-corrected chi connectivity index (χ3v) is 7.87. The number of Topliss-reactive ketones (excluding diaryl/α,β-unsaturated/α-hetero) is 1. The molecule has 200 valence electrons. The largest absolute Gasteiger partial charge is 0.496 e. The van der Waals surface area contributed by atoms with Crippen LogP contribution in [0.3, 0.4) is 0 Å². The quantitative estimate of drug-likeness (QED) is 0.341. The molecule has 4 heterocycles. The van der Waals surface area contributed by atoms with E-state index in [0.717, 1.165) is 34.5 Å². The zero-order chi connectivity index (χ0) is 26.9. The van der Waals surface area contributed by atoms with Gasteiger partial charge in [-0.15, -0.1) is 0 Å². The maximum atomic E-state index is 14.6. The number of fused-ring (bicyclic) bond motifs is 2. The lowest BCUT2D eigenvalue weighted by molar-refractivity contribution is 0.0676. The first-order valence-electron chi connectivity index (χ1n) is 13.3. The molecular formula is C31H31FN4O3. The number of rotatable bonds is 8. The fourth-order valence-corrected chi connectivity index (χ4v) is 5.99. The molecule has 2 aliphatic rings. The fraction of sp³-hybridized carbons (Fsp3) is 0.323. The van der Waals surface area contributed by atoms with Crippen LogP contribution in [0.1, 0.15) is 45.5 Å². The van der Waals surface area contributed by atoms with E-state index in [9.17, 15) is 14.3 Å². The lowest BCUT2D eigenvalue weighted by Gasteiger charge is -2.37. The third kappa shape index (κ3) is 5.10. The summed E-state index contributed by atoms with van der Waals surface area (Å²) in [5.74, 6) is 0.367. The molecule has 0 amide bonds. The Bertz CT molecular complexity index is 1560. The summed E-state index contributed by atoms with van der Waals surface area (Å²) in [4.78, 5) is 24.7. The molecule has 0 bridgehead atoms. The molecule has 2 atom stereocenters. The maximum Gasteiger partial charge on any atom is 0.163 e. The zero-order valence-electron chi connectivity index (χ0n) is 21.9. The molecule has 6 rings (SSSR count). The predicted octanol–water partition coefficient (Wildman–Crippen LogP) is 4.54. The second-order valence-electron chi connectivity index (χ2n) is 10.5. The van der Waals surface area contributed by atoms with Gasteiger partial charge in [-0.3, -0.25) is 14.7 Å². The van der Waals surface area contributed by atoms with Gasteiger partial charge in [0.25, 0.3) is 0 Å². The SMILES string of the molecule is COc1cccc(F)c1CN1CC(CO)CC(CC(=O)c2ccc3c(c2)C(c2ccc4nccn4c2)=NC3)C1. The van der Waals surface area contributed by atoms with Crippen LogP contribution < -0.4 is 4.74 Å². The summed E-state index contributed by atoms with van der Waals surface area (Å²) in [6, 6.07) is 14.7. The van der Waals surface area contributed by atoms with E-state index in [0.29, 0.717) is 49.5 Å². The first kappa shape index (κ1) is 25.4. The summed E-state index contributed by atoms with van der Waals surface area (Å²) in [6.45, 7) is 2.31. The van der Waals surface area contributed by atoms with Crippen LogP contribution in [0.5, 0.6) is 5.75 Å². The van der Waals surface area contributed by atoms with Crippen LogP contribution in [0.25, 0.3) is 5.65 Å². The summed E-state index contributed by atoms with van der Waals surface area (Å²) in [6.07, 6.45) is 6.82. The highest BCUT2D eigenvalue weighted by Gasteiger charge is 2.30. The number of benzene rings is 2. The number of nitrogens with zero attached hydrogens (tertiary/aromatic N) is 4. The summed E-state index contributed by atoms with van der Waals surface area (Å²) < 4.78 is 21.9. The van der Waals surface area contributed by atoms with Gasteiger partial charge in [-0.1, -0.05) is 18.2 Å². The Kier molecular flexibility index (Phi) is 6.97. The third-order valence-electron chi connectivity index (χ3n) is 7.87. The van der Waals surface area contributed by atoms with Gasteiger partial charge in [-0.25, -0.2) is 9.37 Å². The summed E-state index contributed by atoms with van der Waals surface area (Å²) in [7, 11) is 1.54. The summed E-state index contributed by atoms with van der Waals surface area (Å²) in [5, 5.41) is 9.97. The monoisotopic (exact) mass is 526 g/mol. The lowest BCUT2D eigenvalue weighted by atomic mass is 9.84. The molecule has 2 aromatic heterocycles. The topological polar surface area (TPSA) is 79.4 Å². The second kappa shape index (κ2) is 10.7. The zero-order valence-corrected chi connectivity index (χ0v) is 21.9. The van der Waals surface area contributed by atoms with Crippen molar-refractivity contribution >= 4 is 17.1 Å². The summed E-state index contributed by atoms with van der Waals surface area (Å²) >= 11 is 0. The average molecular weight is 527 g/mol. The molecule has 0 radical (unpaired) electrons. The van der Waals surface area contributed by atoms with E-state index >= 15 is 0 Å². The molecule has 8 heteroatoms. The predicted molar refractivity (Wildman–Crippen MR) is 147 cm³/mol. The van der Waals surface area contributed by atoms with Crippen molar-refractivity contribution < 1.29 is 19.0 Å². The van der Waals surface area contributed by atoms with Crippen molar-refractivity contribution in [3.63, 3.8) is 0 Å². The number of aliphatic hydroxyl groups excluding tert-OH is 1. The van der Waals surface area contributed by atoms with E-state index in [1.54, 1.807) is 18.3 Å². The molecule has 0 saturated carbocycles. The Labute approximate surface area is 226 Å². The van der Waals surface area contributed by atoms with E-state index in [1.807, 2.05) is 47.1 Å². The number of aliphatic imine (C=N–C) groups is 1. The van der Waals surface area contributed by atoms with Gasteiger partial charge in [-0.05, 0) is 54.2 Å². The molecule has 1 saturated heterocycles. The van der Waals surface area contributed by atoms with Crippen molar-refractivity contribution in [2.24, 2.45) is 16.8 Å². The number of likely N-dealkylation sites (tertiary alicyclic amines) is 1. The van der Waals surface area contributed by atoms with E-state index in [1.165, 1.54) is 13.2 Å². The van der Waals surface area contributed by atoms with Gasteiger partial charge in [0.15, 0.2) is 5.78 Å². The van der Waals surface area contributed by atoms with Crippen LogP contribution in [0.4, 0.5) is 4.39 Å². The van der Waals surface area contributed by atoms with Crippen LogP contribution >= 0.6 is 0 Å². The number of hydrogen-bond donors (Lipinski definition) is 1. The van der Waals surface area contributed by atoms with Gasteiger partial charge in [-0.2, -0.15) is 0 Å². The number of halogens is 1. The molecule has 2 aromatic carbocycles. The number of aliphatic hydroxyl groups is 1. The molecule has 4 aromatic rings. The standard InChI is InChI=1S/C31H31FN4O3/c1-39-29-4-2-3-27(32)26(29)18-35-15-20(11-21(16-35)19-37)12-28(38)22-5-6-23-14-34-31(25(23)13-22)24-7-8-30-33-9-10-36(30)17-24/h2-10,13,17,20-21,37H,11-12,14-16,18-19H2,1H3. The second-order valence-corrected chi connectivity index (χ2v) is 10.5. The van der Waals surface area contributed by atoms with Crippen molar-refractivity contribution in [1.82, 2.24) is 14.3 Å². The van der Waals surface area contributed by atoms with Gasteiger partial charge < -0.3 is 14.2 Å². The van der Waals surface area contributed by atoms with Gasteiger partial charge in [0.05, 0.1) is 19.4 Å². The Balaban J connectivity index is 1.19. The first-order chi connectivity index (χ1) is 19.0. The molecule has 2 aliphatic heterocycles. The van der Waals surface area contributed by atoms with E-state index < -0.39 is 0 Å². The fourth-order valence-electron chi connectivity index (χ4n) is 5.99. The van der Waals surface area contributed by atoms with Crippen LogP contribution in [-0.4, -0.2) is 57.7 Å². The molecule has 2 unspecified atom stereocenters. The minimum absolute atomic E-state index is 0.0335. The smallest absolute Gasteiger partial charge is 0.163 e. The normalized spacial score (nSPS) is 19.2. The highest BCUT2D eigenvalue weighted by molar-refractivity contribution is 6.16. The molecule has 39 heavy (non-hydrogen) atoms. The maximum absolute atomic E-state index is 14.6. The highest BCUT2D eigenvalue weighted by atomic mass is 19.1. The number of carbonyl (C=O) groups excluding carboxylic acids is 1.